The van der Waals surface area contributed by atoms with E-state index in [4.69, 9.17) is 9.84 Å². The van der Waals surface area contributed by atoms with Gasteiger partial charge in [0.25, 0.3) is 11.8 Å². The van der Waals surface area contributed by atoms with Gasteiger partial charge in [-0.25, -0.2) is 4.68 Å². The Balaban J connectivity index is 1.64. The molecule has 2 amide bonds. The molecule has 0 saturated carbocycles. The third kappa shape index (κ3) is 5.31. The zero-order valence-electron chi connectivity index (χ0n) is 22.9. The molecule has 0 aliphatic carbocycles. The highest BCUT2D eigenvalue weighted by Gasteiger charge is 2.35. The summed E-state index contributed by atoms with van der Waals surface area (Å²) < 4.78 is 6.76. The largest absolute Gasteiger partial charge is 0.490 e. The number of rotatable bonds is 8. The van der Waals surface area contributed by atoms with Crippen molar-refractivity contribution in [2.24, 2.45) is 0 Å². The summed E-state index contributed by atoms with van der Waals surface area (Å²) in [5.74, 6) is -1.08. The molecule has 42 heavy (non-hydrogen) atoms. The van der Waals surface area contributed by atoms with Gasteiger partial charge in [0.05, 0.1) is 17.7 Å². The van der Waals surface area contributed by atoms with Crippen LogP contribution in [0.1, 0.15) is 18.1 Å². The lowest BCUT2D eigenvalue weighted by atomic mass is 9.93. The lowest BCUT2D eigenvalue weighted by Gasteiger charge is -2.27. The minimum atomic E-state index is -0.640. The van der Waals surface area contributed by atoms with Crippen LogP contribution in [0.5, 0.6) is 5.75 Å². The number of nitro benzene ring substituents is 1. The number of carbonyl (C=O) groups is 2. The van der Waals surface area contributed by atoms with E-state index < -0.39 is 16.7 Å². The second-order valence-corrected chi connectivity index (χ2v) is 9.52. The maximum atomic E-state index is 13.7. The minimum absolute atomic E-state index is 0.0955. The summed E-state index contributed by atoms with van der Waals surface area (Å²) in [5, 5.41) is 26.3. The molecule has 5 rings (SSSR count). The molecule has 10 nitrogen and oxygen atoms in total. The first-order valence-electron chi connectivity index (χ1n) is 13.0. The SMILES string of the molecule is COc1ccc(-c2nn(-c3ccccc3)cc2/C=C2/C(=O)N(CCc3ccccc3)C(=O)C(C#N)=C2C)cc1[N+](=O)[O-]. The molecule has 4 aromatic rings. The van der Waals surface area contributed by atoms with Crippen molar-refractivity contribution in [3.8, 4) is 28.8 Å². The number of benzene rings is 3. The number of hydrogen-bond donors (Lipinski definition) is 0. The van der Waals surface area contributed by atoms with Crippen LogP contribution in [0.15, 0.2) is 102 Å². The second-order valence-electron chi connectivity index (χ2n) is 9.52. The highest BCUT2D eigenvalue weighted by molar-refractivity contribution is 6.19. The molecule has 1 aliphatic heterocycles. The van der Waals surface area contributed by atoms with Gasteiger partial charge in [0.2, 0.25) is 0 Å². The minimum Gasteiger partial charge on any atom is -0.490 e. The van der Waals surface area contributed by atoms with Crippen molar-refractivity contribution in [1.29, 1.82) is 5.26 Å². The van der Waals surface area contributed by atoms with E-state index >= 15 is 0 Å². The van der Waals surface area contributed by atoms with E-state index in [0.29, 0.717) is 23.2 Å². The number of ether oxygens (including phenoxy) is 1. The molecule has 208 valence electrons. The number of hydrogen-bond acceptors (Lipinski definition) is 7. The average Bonchev–Trinajstić information content (AvgIpc) is 3.44. The summed E-state index contributed by atoms with van der Waals surface area (Å²) in [7, 11) is 1.35. The van der Waals surface area contributed by atoms with Gasteiger partial charge in [-0.05, 0) is 54.8 Å². The third-order valence-corrected chi connectivity index (χ3v) is 7.00. The highest BCUT2D eigenvalue weighted by atomic mass is 16.6. The maximum absolute atomic E-state index is 13.7. The Hall–Kier alpha value is -5.82. The molecule has 0 unspecified atom stereocenters. The molecule has 1 aliphatic rings. The third-order valence-electron chi connectivity index (χ3n) is 7.00. The van der Waals surface area contributed by atoms with Crippen molar-refractivity contribution in [2.45, 2.75) is 13.3 Å². The Bertz CT molecular complexity index is 1800. The lowest BCUT2D eigenvalue weighted by Crippen LogP contribution is -2.43. The highest BCUT2D eigenvalue weighted by Crippen LogP contribution is 2.35. The Labute approximate surface area is 241 Å². The number of aromatic nitrogens is 2. The fraction of sp³-hybridized carbons (Fsp3) is 0.125. The lowest BCUT2D eigenvalue weighted by molar-refractivity contribution is -0.385. The number of nitriles is 1. The summed E-state index contributed by atoms with van der Waals surface area (Å²) in [4.78, 5) is 39.2. The molecule has 0 fully saturated rings. The monoisotopic (exact) mass is 559 g/mol. The predicted molar refractivity (Wildman–Crippen MR) is 155 cm³/mol. The van der Waals surface area contributed by atoms with E-state index in [1.807, 2.05) is 66.7 Å². The predicted octanol–water partition coefficient (Wildman–Crippen LogP) is 5.29. The van der Waals surface area contributed by atoms with Crippen LogP contribution in [0.3, 0.4) is 0 Å². The van der Waals surface area contributed by atoms with E-state index in [1.54, 1.807) is 29.9 Å². The number of nitrogens with zero attached hydrogens (tertiary/aromatic N) is 5. The number of para-hydroxylation sites is 1. The molecule has 10 heteroatoms. The molecule has 0 saturated heterocycles. The van der Waals surface area contributed by atoms with E-state index in [-0.39, 0.29) is 34.7 Å². The van der Waals surface area contributed by atoms with Crippen molar-refractivity contribution in [2.75, 3.05) is 13.7 Å². The van der Waals surface area contributed by atoms with Crippen molar-refractivity contribution < 1.29 is 19.2 Å². The Kier molecular flexibility index (Phi) is 7.75. The number of nitro groups is 1. The standard InChI is InChI=1S/C32H25N5O5/c1-21-26(31(38)35(32(39)27(21)19-33)16-15-22-9-5-3-6-10-22)17-24-20-36(25-11-7-4-8-12-25)34-30(24)23-13-14-29(42-2)28(18-23)37(40)41/h3-14,17-18,20H,15-16H2,1-2H3/b26-17+. The summed E-state index contributed by atoms with van der Waals surface area (Å²) in [6.07, 6.45) is 3.70. The molecule has 3 aromatic carbocycles. The van der Waals surface area contributed by atoms with Crippen LogP contribution < -0.4 is 4.74 Å². The second kappa shape index (κ2) is 11.7. The van der Waals surface area contributed by atoms with Gasteiger partial charge in [-0.15, -0.1) is 0 Å². The van der Waals surface area contributed by atoms with Crippen LogP contribution >= 0.6 is 0 Å². The Morgan fingerprint density at radius 2 is 1.71 bits per heavy atom. The van der Waals surface area contributed by atoms with Crippen LogP contribution in [0.2, 0.25) is 0 Å². The topological polar surface area (TPSA) is 131 Å². The Morgan fingerprint density at radius 1 is 1.02 bits per heavy atom. The van der Waals surface area contributed by atoms with E-state index in [2.05, 4.69) is 0 Å². The van der Waals surface area contributed by atoms with Crippen molar-refractivity contribution in [3.05, 3.63) is 123 Å². The van der Waals surface area contributed by atoms with Gasteiger partial charge in [-0.3, -0.25) is 24.6 Å². The first-order valence-corrected chi connectivity index (χ1v) is 13.0. The van der Waals surface area contributed by atoms with Crippen LogP contribution in [0.25, 0.3) is 23.0 Å². The van der Waals surface area contributed by atoms with Gasteiger partial charge >= 0.3 is 5.69 Å². The van der Waals surface area contributed by atoms with Crippen molar-refractivity contribution >= 4 is 23.6 Å². The summed E-state index contributed by atoms with van der Waals surface area (Å²) in [6, 6.07) is 25.1. The van der Waals surface area contributed by atoms with Crippen molar-refractivity contribution in [3.63, 3.8) is 0 Å². The Morgan fingerprint density at radius 3 is 2.36 bits per heavy atom. The van der Waals surface area contributed by atoms with Gasteiger partial charge in [0.15, 0.2) is 5.75 Å². The van der Waals surface area contributed by atoms with E-state index in [0.717, 1.165) is 16.2 Å². The maximum Gasteiger partial charge on any atom is 0.311 e. The van der Waals surface area contributed by atoms with Crippen LogP contribution in [0, 0.1) is 21.4 Å². The van der Waals surface area contributed by atoms with E-state index in [1.165, 1.54) is 19.2 Å². The first kappa shape index (κ1) is 27.7. The fourth-order valence-corrected chi connectivity index (χ4v) is 4.78. The number of imide groups is 1. The van der Waals surface area contributed by atoms with E-state index in [9.17, 15) is 25.0 Å². The normalized spacial score (nSPS) is 14.3. The van der Waals surface area contributed by atoms with Gasteiger partial charge in [-0.2, -0.15) is 10.4 Å². The zero-order valence-corrected chi connectivity index (χ0v) is 22.9. The molecule has 0 radical (unpaired) electrons. The van der Waals surface area contributed by atoms with Gasteiger partial charge in [0, 0.05) is 35.5 Å². The van der Waals surface area contributed by atoms with Crippen LogP contribution in [-0.2, 0) is 16.0 Å². The fourth-order valence-electron chi connectivity index (χ4n) is 4.78. The molecule has 0 bridgehead atoms. The molecule has 0 atom stereocenters. The smallest absolute Gasteiger partial charge is 0.311 e. The molecule has 0 spiro atoms. The van der Waals surface area contributed by atoms with Crippen LogP contribution in [-0.4, -0.2) is 45.1 Å². The summed E-state index contributed by atoms with van der Waals surface area (Å²) in [5.41, 5.74) is 2.99. The first-order chi connectivity index (χ1) is 20.3. The summed E-state index contributed by atoms with van der Waals surface area (Å²) in [6.45, 7) is 1.66. The number of carbonyl (C=O) groups excluding carboxylic acids is 2. The summed E-state index contributed by atoms with van der Waals surface area (Å²) >= 11 is 0. The number of amides is 2. The van der Waals surface area contributed by atoms with Crippen molar-refractivity contribution in [1.82, 2.24) is 14.7 Å². The van der Waals surface area contributed by atoms with Gasteiger partial charge in [0.1, 0.15) is 17.3 Å². The van der Waals surface area contributed by atoms with Gasteiger partial charge < -0.3 is 4.74 Å². The molecule has 0 N–H and O–H groups in total. The zero-order chi connectivity index (χ0) is 29.8. The van der Waals surface area contributed by atoms with Crippen LogP contribution in [0.4, 0.5) is 5.69 Å². The average molecular weight is 560 g/mol. The molecular weight excluding hydrogens is 534 g/mol. The molecule has 2 heterocycles. The van der Waals surface area contributed by atoms with Gasteiger partial charge in [-0.1, -0.05) is 48.5 Å². The molecular formula is C32H25N5O5. The number of methoxy groups -OCH3 is 1. The molecule has 1 aromatic heterocycles. The quantitative estimate of drug-likeness (QED) is 0.124.